The number of benzene rings is 1. The summed E-state index contributed by atoms with van der Waals surface area (Å²) in [6.07, 6.45) is -1.66. The number of hydrogen-bond acceptors (Lipinski definition) is 11. The zero-order valence-electron chi connectivity index (χ0n) is 31.8. The van der Waals surface area contributed by atoms with Crippen molar-refractivity contribution in [1.29, 1.82) is 0 Å². The van der Waals surface area contributed by atoms with E-state index in [0.717, 1.165) is 16.7 Å². The lowest BCUT2D eigenvalue weighted by Gasteiger charge is -2.59. The van der Waals surface area contributed by atoms with Gasteiger partial charge in [0.2, 0.25) is 0 Å². The Kier molecular flexibility index (Phi) is 12.6. The number of hydrogen-bond donors (Lipinski definition) is 1. The minimum Gasteiger partial charge on any atom is -0.461 e. The van der Waals surface area contributed by atoms with Crippen LogP contribution in [-0.2, 0) is 47.7 Å². The number of rotatable bonds is 10. The van der Waals surface area contributed by atoms with E-state index in [0.29, 0.717) is 12.0 Å². The van der Waals surface area contributed by atoms with Crippen LogP contribution in [0.3, 0.4) is 0 Å². The van der Waals surface area contributed by atoms with Gasteiger partial charge in [-0.2, -0.15) is 0 Å². The summed E-state index contributed by atoms with van der Waals surface area (Å²) in [5.41, 5.74) is 1.03. The fraction of sp³-hybridized carbons (Fsp3) is 0.585. The molecule has 1 aromatic rings. The van der Waals surface area contributed by atoms with Crippen molar-refractivity contribution in [3.8, 4) is 0 Å². The first kappa shape index (κ1) is 40.5. The molecule has 1 aromatic carbocycles. The van der Waals surface area contributed by atoms with Crippen molar-refractivity contribution in [2.45, 2.75) is 125 Å². The molecule has 2 bridgehead atoms. The van der Waals surface area contributed by atoms with Gasteiger partial charge in [0.1, 0.15) is 24.4 Å². The maximum absolute atomic E-state index is 13.6. The van der Waals surface area contributed by atoms with Gasteiger partial charge in [0.15, 0.2) is 6.10 Å². The molecule has 2 fully saturated rings. The second-order valence-electron chi connectivity index (χ2n) is 15.4. The molecule has 284 valence electrons. The van der Waals surface area contributed by atoms with Crippen molar-refractivity contribution in [2.24, 2.45) is 28.6 Å². The van der Waals surface area contributed by atoms with E-state index >= 15 is 0 Å². The van der Waals surface area contributed by atoms with E-state index in [1.54, 1.807) is 19.9 Å². The van der Waals surface area contributed by atoms with Gasteiger partial charge in [-0.1, -0.05) is 70.2 Å². The van der Waals surface area contributed by atoms with Crippen molar-refractivity contribution in [2.75, 3.05) is 0 Å². The second-order valence-corrected chi connectivity index (χ2v) is 15.4. The van der Waals surface area contributed by atoms with Crippen molar-refractivity contribution < 1.29 is 52.8 Å². The van der Waals surface area contributed by atoms with Gasteiger partial charge in [-0.3, -0.25) is 19.2 Å². The summed E-state index contributed by atoms with van der Waals surface area (Å²) in [4.78, 5) is 65.2. The summed E-state index contributed by atoms with van der Waals surface area (Å²) >= 11 is 0. The number of esters is 5. The Morgan fingerprint density at radius 3 is 2.10 bits per heavy atom. The molecule has 2 saturated carbocycles. The maximum Gasteiger partial charge on any atom is 0.331 e. The molecule has 0 saturated heterocycles. The number of aliphatic hydroxyl groups is 1. The molecule has 52 heavy (non-hydrogen) atoms. The largest absolute Gasteiger partial charge is 0.461 e. The molecule has 0 aliphatic heterocycles. The van der Waals surface area contributed by atoms with Crippen molar-refractivity contribution >= 4 is 35.9 Å². The smallest absolute Gasteiger partial charge is 0.331 e. The number of ether oxygens (including phenoxy) is 5. The monoisotopic (exact) mass is 722 g/mol. The van der Waals surface area contributed by atoms with Crippen LogP contribution in [0.5, 0.6) is 0 Å². The molecule has 0 aromatic heterocycles. The van der Waals surface area contributed by atoms with Crippen LogP contribution in [0.2, 0.25) is 0 Å². The Hall–Kier alpha value is -4.25. The van der Waals surface area contributed by atoms with Gasteiger partial charge in [-0.25, -0.2) is 4.79 Å². The first-order chi connectivity index (χ1) is 24.3. The first-order valence-corrected chi connectivity index (χ1v) is 18.0. The molecule has 11 heteroatoms. The van der Waals surface area contributed by atoms with Gasteiger partial charge in [0, 0.05) is 45.1 Å². The van der Waals surface area contributed by atoms with E-state index in [-0.39, 0.29) is 19.3 Å². The number of fused-ring (bicyclic) bond motifs is 3. The van der Waals surface area contributed by atoms with Gasteiger partial charge in [0.25, 0.3) is 0 Å². The summed E-state index contributed by atoms with van der Waals surface area (Å²) in [5.74, 6) is -5.21. The molecule has 0 radical (unpaired) electrons. The molecule has 4 rings (SSSR count). The van der Waals surface area contributed by atoms with Crippen molar-refractivity contribution in [1.82, 2.24) is 0 Å². The molecule has 10 atom stereocenters. The third-order valence-electron chi connectivity index (χ3n) is 11.1. The Morgan fingerprint density at radius 2 is 1.52 bits per heavy atom. The zero-order chi connectivity index (χ0) is 38.7. The van der Waals surface area contributed by atoms with E-state index in [9.17, 15) is 29.1 Å². The number of carbonyl (C=O) groups is 5. The average Bonchev–Trinajstić information content (AvgIpc) is 3.03. The quantitative estimate of drug-likeness (QED) is 0.130. The predicted octanol–water partition coefficient (Wildman–Crippen LogP) is 6.07. The van der Waals surface area contributed by atoms with Gasteiger partial charge in [-0.05, 0) is 66.7 Å². The van der Waals surface area contributed by atoms with E-state index in [1.165, 1.54) is 26.8 Å². The number of aliphatic hydroxyl groups excluding tert-OH is 1. The molecular formula is C41H54O11. The first-order valence-electron chi connectivity index (χ1n) is 18.0. The molecule has 0 spiro atoms. The Bertz CT molecular complexity index is 1610. The highest BCUT2D eigenvalue weighted by Gasteiger charge is 2.63. The van der Waals surface area contributed by atoms with E-state index in [2.05, 4.69) is 6.58 Å². The van der Waals surface area contributed by atoms with E-state index in [1.807, 2.05) is 58.0 Å². The van der Waals surface area contributed by atoms with Gasteiger partial charge in [0.05, 0.1) is 12.0 Å². The predicted molar refractivity (Wildman–Crippen MR) is 192 cm³/mol. The van der Waals surface area contributed by atoms with Crippen LogP contribution in [0, 0.1) is 28.6 Å². The maximum atomic E-state index is 13.6. The number of carbonyl (C=O) groups excluding carboxylic acids is 5. The van der Waals surface area contributed by atoms with Crippen LogP contribution in [0.15, 0.2) is 59.7 Å². The van der Waals surface area contributed by atoms with Crippen LogP contribution in [0.1, 0.15) is 93.6 Å². The molecule has 11 nitrogen and oxygen atoms in total. The van der Waals surface area contributed by atoms with Crippen LogP contribution in [-0.4, -0.2) is 71.6 Å². The molecule has 2 unspecified atom stereocenters. The summed E-state index contributed by atoms with van der Waals surface area (Å²) in [6.45, 7) is 19.5. The average molecular weight is 723 g/mol. The lowest BCUT2D eigenvalue weighted by Crippen LogP contribution is -2.62. The summed E-state index contributed by atoms with van der Waals surface area (Å²) < 4.78 is 30.5. The van der Waals surface area contributed by atoms with Crippen molar-refractivity contribution in [3.05, 3.63) is 65.3 Å². The molecule has 3 aliphatic carbocycles. The SMILES string of the molecule is C=C1[C@@H](OC(C)=O)[C@@H](OC(=O)/C=C/c2ccccc2)C[C@@]2(C)C[C@H](OC(C)=O)C3=C(C)C[C@H](OC(=O)C(C)C(O)CC)[C@@H]([C@@H](OC(C)=O)[C@H]12)C3(C)C. The van der Waals surface area contributed by atoms with Crippen molar-refractivity contribution in [3.63, 3.8) is 0 Å². The lowest BCUT2D eigenvalue weighted by atomic mass is 9.49. The molecule has 0 heterocycles. The topological polar surface area (TPSA) is 152 Å². The zero-order valence-corrected chi connectivity index (χ0v) is 31.8. The molecule has 3 aliphatic rings. The highest BCUT2D eigenvalue weighted by atomic mass is 16.6. The van der Waals surface area contributed by atoms with E-state index < -0.39 is 95.1 Å². The van der Waals surface area contributed by atoms with Crippen LogP contribution in [0.4, 0.5) is 0 Å². The normalized spacial score (nSPS) is 30.9. The van der Waals surface area contributed by atoms with Crippen LogP contribution < -0.4 is 0 Å². The molecule has 0 amide bonds. The fourth-order valence-corrected chi connectivity index (χ4v) is 9.02. The standard InChI is InChI=1S/C41H54O11/c1-11-29(45)23(3)39(47)52-30-19-22(2)34-31(48-25(5)42)20-41(10)21-32(51-33(46)18-17-28-15-13-12-14-16-28)37(49-26(6)43)24(4)35(41)38(50-27(7)44)36(30)40(34,8)9/h12-18,23,29-32,35-38,45H,4,11,19-21H2,1-3,5-10H3/b18-17+/t23?,29?,30-,31-,32-,35-,36-,37+,38-,41+/m0/s1. The minimum atomic E-state index is -1.11. The third kappa shape index (κ3) is 8.68. The van der Waals surface area contributed by atoms with E-state index in [4.69, 9.17) is 23.7 Å². The third-order valence-corrected chi connectivity index (χ3v) is 11.1. The Labute approximate surface area is 306 Å². The van der Waals surface area contributed by atoms with Gasteiger partial charge in [-0.15, -0.1) is 0 Å². The minimum absolute atomic E-state index is 0.124. The fourth-order valence-electron chi connectivity index (χ4n) is 9.02. The summed E-state index contributed by atoms with van der Waals surface area (Å²) in [5, 5.41) is 10.5. The summed E-state index contributed by atoms with van der Waals surface area (Å²) in [7, 11) is 0. The molecular weight excluding hydrogens is 668 g/mol. The highest BCUT2D eigenvalue weighted by molar-refractivity contribution is 5.87. The van der Waals surface area contributed by atoms with Gasteiger partial charge >= 0.3 is 29.8 Å². The second kappa shape index (κ2) is 16.2. The van der Waals surface area contributed by atoms with Gasteiger partial charge < -0.3 is 28.8 Å². The summed E-state index contributed by atoms with van der Waals surface area (Å²) in [6, 6.07) is 9.22. The molecule has 1 N–H and O–H groups in total. The Morgan fingerprint density at radius 1 is 0.904 bits per heavy atom. The van der Waals surface area contributed by atoms with Crippen LogP contribution >= 0.6 is 0 Å². The lowest BCUT2D eigenvalue weighted by molar-refractivity contribution is -0.196. The van der Waals surface area contributed by atoms with Crippen LogP contribution in [0.25, 0.3) is 6.08 Å². The Balaban J connectivity index is 1.88. The highest BCUT2D eigenvalue weighted by Crippen LogP contribution is 2.61.